The minimum atomic E-state index is -0.985. The molecule has 1 atom stereocenters. The van der Waals surface area contributed by atoms with Gasteiger partial charge in [-0.15, -0.1) is 0 Å². The Kier molecular flexibility index (Phi) is 8.08. The van der Waals surface area contributed by atoms with Crippen LogP contribution in [0, 0.1) is 10.1 Å². The summed E-state index contributed by atoms with van der Waals surface area (Å²) in [5.74, 6) is 0. The van der Waals surface area contributed by atoms with Crippen LogP contribution in [-0.2, 0) is 4.79 Å². The number of carbonyl (C=O) groups is 1. The molecule has 0 fully saturated rings. The lowest BCUT2D eigenvalue weighted by Gasteiger charge is -2.02. The van der Waals surface area contributed by atoms with Crippen LogP contribution in [0.1, 0.15) is 51.9 Å². The summed E-state index contributed by atoms with van der Waals surface area (Å²) in [5, 5.41) is 10.3. The van der Waals surface area contributed by atoms with Gasteiger partial charge in [-0.3, -0.25) is 14.9 Å². The Hall–Kier alpha value is -0.930. The summed E-state index contributed by atoms with van der Waals surface area (Å²) in [6, 6.07) is -0.985. The summed E-state index contributed by atoms with van der Waals surface area (Å²) in [6.45, 7) is 2.15. The largest absolute Gasteiger partial charge is 0.296 e. The molecule has 0 heterocycles. The number of unbranched alkanes of at least 4 members (excludes halogenated alkanes) is 5. The predicted octanol–water partition coefficient (Wildman–Crippen LogP) is 2.58. The molecule has 4 heteroatoms. The average molecular weight is 201 g/mol. The quantitative estimate of drug-likeness (QED) is 0.249. The van der Waals surface area contributed by atoms with Crippen LogP contribution in [0.4, 0.5) is 0 Å². The number of nitrogens with zero attached hydrogens (tertiary/aromatic N) is 1. The highest BCUT2D eigenvalue weighted by molar-refractivity contribution is 5.55. The molecule has 0 saturated heterocycles. The number of carbonyl (C=O) groups excluding carboxylic acids is 1. The van der Waals surface area contributed by atoms with Crippen LogP contribution in [0.3, 0.4) is 0 Å². The topological polar surface area (TPSA) is 60.2 Å². The van der Waals surface area contributed by atoms with Crippen molar-refractivity contribution in [1.29, 1.82) is 0 Å². The van der Waals surface area contributed by atoms with E-state index in [-0.39, 0.29) is 0 Å². The highest BCUT2D eigenvalue weighted by Gasteiger charge is 2.17. The minimum absolute atomic E-state index is 0.391. The second-order valence-corrected chi connectivity index (χ2v) is 3.55. The smallest absolute Gasteiger partial charge is 0.267 e. The van der Waals surface area contributed by atoms with Gasteiger partial charge in [0, 0.05) is 11.3 Å². The summed E-state index contributed by atoms with van der Waals surface area (Å²) < 4.78 is 0. The van der Waals surface area contributed by atoms with Crippen molar-refractivity contribution < 1.29 is 9.72 Å². The number of hydrogen-bond acceptors (Lipinski definition) is 3. The molecule has 0 aromatic rings. The predicted molar refractivity (Wildman–Crippen MR) is 54.8 cm³/mol. The van der Waals surface area contributed by atoms with Crippen molar-refractivity contribution in [1.82, 2.24) is 0 Å². The molecule has 0 aromatic heterocycles. The summed E-state index contributed by atoms with van der Waals surface area (Å²) in [6.07, 6.45) is 7.36. The SMILES string of the molecule is CCCCCCCCC(C=O)[N+](=O)[O-]. The summed E-state index contributed by atoms with van der Waals surface area (Å²) in [5.41, 5.74) is 0. The van der Waals surface area contributed by atoms with E-state index >= 15 is 0 Å². The fraction of sp³-hybridized carbons (Fsp3) is 0.900. The monoisotopic (exact) mass is 201 g/mol. The Morgan fingerprint density at radius 1 is 1.21 bits per heavy atom. The van der Waals surface area contributed by atoms with Gasteiger partial charge in [-0.25, -0.2) is 0 Å². The number of hydrogen-bond donors (Lipinski definition) is 0. The van der Waals surface area contributed by atoms with Gasteiger partial charge in [0.05, 0.1) is 0 Å². The molecule has 0 bridgehead atoms. The van der Waals surface area contributed by atoms with Crippen LogP contribution >= 0.6 is 0 Å². The van der Waals surface area contributed by atoms with E-state index in [1.165, 1.54) is 19.3 Å². The van der Waals surface area contributed by atoms with Crippen LogP contribution in [0.2, 0.25) is 0 Å². The summed E-state index contributed by atoms with van der Waals surface area (Å²) in [7, 11) is 0. The van der Waals surface area contributed by atoms with Crippen LogP contribution in [0.15, 0.2) is 0 Å². The van der Waals surface area contributed by atoms with Gasteiger partial charge in [0.2, 0.25) is 0 Å². The number of rotatable bonds is 9. The first-order valence-electron chi connectivity index (χ1n) is 5.31. The Balaban J connectivity index is 3.33. The van der Waals surface area contributed by atoms with E-state index in [9.17, 15) is 14.9 Å². The maximum absolute atomic E-state index is 10.3. The van der Waals surface area contributed by atoms with E-state index < -0.39 is 11.0 Å². The van der Waals surface area contributed by atoms with Crippen LogP contribution < -0.4 is 0 Å². The first-order valence-corrected chi connectivity index (χ1v) is 5.31. The van der Waals surface area contributed by atoms with E-state index in [0.717, 1.165) is 19.3 Å². The van der Waals surface area contributed by atoms with Gasteiger partial charge in [-0.2, -0.15) is 0 Å². The van der Waals surface area contributed by atoms with Crippen molar-refractivity contribution in [3.8, 4) is 0 Å². The molecule has 0 aliphatic rings. The van der Waals surface area contributed by atoms with Crippen molar-refractivity contribution in [2.75, 3.05) is 0 Å². The van der Waals surface area contributed by atoms with Gasteiger partial charge >= 0.3 is 0 Å². The van der Waals surface area contributed by atoms with E-state index in [2.05, 4.69) is 6.92 Å². The van der Waals surface area contributed by atoms with Gasteiger partial charge in [0.15, 0.2) is 6.29 Å². The Morgan fingerprint density at radius 3 is 2.29 bits per heavy atom. The third-order valence-electron chi connectivity index (χ3n) is 2.28. The van der Waals surface area contributed by atoms with Gasteiger partial charge in [-0.05, 0) is 6.42 Å². The van der Waals surface area contributed by atoms with E-state index in [0.29, 0.717) is 12.7 Å². The lowest BCUT2D eigenvalue weighted by Crippen LogP contribution is -2.20. The molecule has 0 aromatic carbocycles. The number of nitro groups is 1. The van der Waals surface area contributed by atoms with Gasteiger partial charge < -0.3 is 0 Å². The molecule has 0 saturated carbocycles. The Bertz CT molecular complexity index is 171. The van der Waals surface area contributed by atoms with Crippen LogP contribution in [0.5, 0.6) is 0 Å². The third kappa shape index (κ3) is 6.57. The van der Waals surface area contributed by atoms with Crippen molar-refractivity contribution in [3.05, 3.63) is 10.1 Å². The second kappa shape index (κ2) is 8.66. The highest BCUT2D eigenvalue weighted by Crippen LogP contribution is 2.08. The first kappa shape index (κ1) is 13.1. The van der Waals surface area contributed by atoms with Crippen molar-refractivity contribution >= 4 is 6.29 Å². The van der Waals surface area contributed by atoms with E-state index in [1.54, 1.807) is 0 Å². The zero-order chi connectivity index (χ0) is 10.8. The second-order valence-electron chi connectivity index (χ2n) is 3.55. The van der Waals surface area contributed by atoms with Crippen LogP contribution in [0.25, 0.3) is 0 Å². The average Bonchev–Trinajstić information content (AvgIpc) is 2.16. The van der Waals surface area contributed by atoms with Gasteiger partial charge in [0.1, 0.15) is 0 Å². The fourth-order valence-corrected chi connectivity index (χ4v) is 1.36. The summed E-state index contributed by atoms with van der Waals surface area (Å²) in [4.78, 5) is 20.0. The zero-order valence-electron chi connectivity index (χ0n) is 8.78. The normalized spacial score (nSPS) is 12.4. The first-order chi connectivity index (χ1) is 6.72. The molecule has 0 aliphatic carbocycles. The standard InChI is InChI=1S/C10H19NO3/c1-2-3-4-5-6-7-8-10(9-12)11(13)14/h9-10H,2-8H2,1H3. The third-order valence-corrected chi connectivity index (χ3v) is 2.28. The molecular weight excluding hydrogens is 182 g/mol. The maximum Gasteiger partial charge on any atom is 0.267 e. The molecule has 14 heavy (non-hydrogen) atoms. The van der Waals surface area contributed by atoms with Crippen molar-refractivity contribution in [3.63, 3.8) is 0 Å². The lowest BCUT2D eigenvalue weighted by molar-refractivity contribution is -0.506. The zero-order valence-corrected chi connectivity index (χ0v) is 8.78. The highest BCUT2D eigenvalue weighted by atomic mass is 16.6. The molecule has 0 amide bonds. The molecule has 0 aliphatic heterocycles. The van der Waals surface area contributed by atoms with E-state index in [4.69, 9.17) is 0 Å². The minimum Gasteiger partial charge on any atom is -0.296 e. The van der Waals surface area contributed by atoms with Crippen molar-refractivity contribution in [2.24, 2.45) is 0 Å². The molecule has 82 valence electrons. The molecule has 0 spiro atoms. The van der Waals surface area contributed by atoms with Crippen LogP contribution in [-0.4, -0.2) is 17.3 Å². The maximum atomic E-state index is 10.3. The Morgan fingerprint density at radius 2 is 1.79 bits per heavy atom. The molecule has 0 radical (unpaired) electrons. The summed E-state index contributed by atoms with van der Waals surface area (Å²) >= 11 is 0. The molecule has 4 nitrogen and oxygen atoms in total. The van der Waals surface area contributed by atoms with Gasteiger partial charge in [0.25, 0.3) is 6.04 Å². The molecule has 0 N–H and O–H groups in total. The lowest BCUT2D eigenvalue weighted by atomic mass is 10.1. The van der Waals surface area contributed by atoms with E-state index in [1.807, 2.05) is 0 Å². The van der Waals surface area contributed by atoms with Crippen molar-refractivity contribution in [2.45, 2.75) is 57.9 Å². The molecule has 1 unspecified atom stereocenters. The Labute approximate surface area is 84.8 Å². The van der Waals surface area contributed by atoms with Gasteiger partial charge in [-0.1, -0.05) is 39.0 Å². The molecular formula is C10H19NO3. The molecule has 0 rings (SSSR count). The fourth-order valence-electron chi connectivity index (χ4n) is 1.36. The number of aldehydes is 1.